The zero-order chi connectivity index (χ0) is 16.2. The molecule has 2 atom stereocenters. The maximum absolute atomic E-state index is 12.7. The number of likely N-dealkylation sites (N-methyl/N-ethyl adjacent to an activating group) is 2. The quantitative estimate of drug-likeness (QED) is 0.782. The Balaban J connectivity index is 2.76. The van der Waals surface area contributed by atoms with E-state index < -0.39 is 0 Å². The van der Waals surface area contributed by atoms with Gasteiger partial charge in [-0.3, -0.25) is 9.59 Å². The number of carbonyl (C=O) groups excluding carboxylic acids is 2. The van der Waals surface area contributed by atoms with Gasteiger partial charge in [-0.15, -0.1) is 0 Å². The van der Waals surface area contributed by atoms with Gasteiger partial charge in [-0.05, 0) is 26.9 Å². The van der Waals surface area contributed by atoms with E-state index in [0.29, 0.717) is 0 Å². The summed E-state index contributed by atoms with van der Waals surface area (Å²) in [6.07, 6.45) is 3.86. The number of Topliss-reactive ketones (excluding diaryl/α,β-unsaturated/α-hetero) is 1. The summed E-state index contributed by atoms with van der Waals surface area (Å²) in [6.45, 7) is 7.45. The van der Waals surface area contributed by atoms with Gasteiger partial charge in [0.05, 0.1) is 0 Å². The summed E-state index contributed by atoms with van der Waals surface area (Å²) >= 11 is 0. The fourth-order valence-corrected chi connectivity index (χ4v) is 3.04. The fourth-order valence-electron chi connectivity index (χ4n) is 3.04. The minimum Gasteiger partial charge on any atom is -0.344 e. The second kappa shape index (κ2) is 7.39. The van der Waals surface area contributed by atoms with Crippen molar-refractivity contribution < 1.29 is 9.59 Å². The van der Waals surface area contributed by atoms with Crippen molar-refractivity contribution in [3.05, 3.63) is 0 Å². The normalized spacial score (nSPS) is 23.2. The maximum atomic E-state index is 12.7. The molecule has 4 nitrogen and oxygen atoms in total. The molecule has 0 aromatic carbocycles. The third kappa shape index (κ3) is 5.10. The van der Waals surface area contributed by atoms with Crippen LogP contribution >= 0.6 is 0 Å². The number of hydrogen-bond donors (Lipinski definition) is 0. The van der Waals surface area contributed by atoms with Crippen LogP contribution in [0, 0.1) is 17.3 Å². The Morgan fingerprint density at radius 2 is 1.48 bits per heavy atom. The number of rotatable bonds is 5. The molecule has 0 heterocycles. The minimum atomic E-state index is -0.358. The minimum absolute atomic E-state index is 0.0898. The second-order valence-corrected chi connectivity index (χ2v) is 7.67. The van der Waals surface area contributed by atoms with Crippen molar-refractivity contribution in [2.45, 2.75) is 46.5 Å². The first-order chi connectivity index (χ1) is 9.64. The lowest BCUT2D eigenvalue weighted by atomic mass is 9.70. The van der Waals surface area contributed by atoms with Gasteiger partial charge in [0.1, 0.15) is 5.78 Å². The average molecular weight is 296 g/mol. The van der Waals surface area contributed by atoms with Crippen LogP contribution in [0.15, 0.2) is 0 Å². The molecule has 0 aliphatic heterocycles. The number of amides is 1. The van der Waals surface area contributed by atoms with E-state index in [1.807, 2.05) is 41.9 Å². The predicted octanol–water partition coefficient (Wildman–Crippen LogP) is 2.43. The van der Waals surface area contributed by atoms with Crippen LogP contribution in [0.2, 0.25) is 0 Å². The topological polar surface area (TPSA) is 40.6 Å². The SMILES string of the molecule is CN(C)CCN(C)C(=O)[C@@H]1CCCC[C@@H]1C(=O)C(C)(C)C. The van der Waals surface area contributed by atoms with Gasteiger partial charge in [0.2, 0.25) is 5.91 Å². The van der Waals surface area contributed by atoms with Gasteiger partial charge in [0.15, 0.2) is 0 Å². The molecular formula is C17H32N2O2. The zero-order valence-electron chi connectivity index (χ0n) is 14.6. The van der Waals surface area contributed by atoms with Crippen molar-refractivity contribution >= 4 is 11.7 Å². The smallest absolute Gasteiger partial charge is 0.226 e. The fraction of sp³-hybridized carbons (Fsp3) is 0.882. The van der Waals surface area contributed by atoms with Crippen LogP contribution in [-0.4, -0.2) is 55.7 Å². The molecule has 1 aliphatic carbocycles. The van der Waals surface area contributed by atoms with Crippen LogP contribution in [0.3, 0.4) is 0 Å². The molecule has 0 radical (unpaired) electrons. The summed E-state index contributed by atoms with van der Waals surface area (Å²) in [6, 6.07) is 0. The Kier molecular flexibility index (Phi) is 6.39. The lowest BCUT2D eigenvalue weighted by Gasteiger charge is -2.35. The number of hydrogen-bond acceptors (Lipinski definition) is 3. The lowest BCUT2D eigenvalue weighted by molar-refractivity contribution is -0.144. The Morgan fingerprint density at radius 1 is 0.952 bits per heavy atom. The van der Waals surface area contributed by atoms with E-state index in [-0.39, 0.29) is 28.9 Å². The molecule has 0 spiro atoms. The van der Waals surface area contributed by atoms with E-state index in [1.54, 1.807) is 4.90 Å². The van der Waals surface area contributed by atoms with Crippen LogP contribution in [0.25, 0.3) is 0 Å². The number of nitrogens with zero attached hydrogens (tertiary/aromatic N) is 2. The van der Waals surface area contributed by atoms with E-state index in [9.17, 15) is 9.59 Å². The van der Waals surface area contributed by atoms with Crippen molar-refractivity contribution in [3.63, 3.8) is 0 Å². The van der Waals surface area contributed by atoms with Gasteiger partial charge in [-0.25, -0.2) is 0 Å². The van der Waals surface area contributed by atoms with Crippen LogP contribution in [0.1, 0.15) is 46.5 Å². The molecule has 21 heavy (non-hydrogen) atoms. The van der Waals surface area contributed by atoms with Crippen molar-refractivity contribution in [1.29, 1.82) is 0 Å². The Morgan fingerprint density at radius 3 is 1.95 bits per heavy atom. The first-order valence-electron chi connectivity index (χ1n) is 8.08. The molecule has 1 aliphatic rings. The molecule has 0 N–H and O–H groups in total. The molecule has 0 aromatic heterocycles. The summed E-state index contributed by atoms with van der Waals surface area (Å²) in [5.41, 5.74) is -0.358. The van der Waals surface area contributed by atoms with Gasteiger partial charge < -0.3 is 9.80 Å². The highest BCUT2D eigenvalue weighted by atomic mass is 16.2. The monoisotopic (exact) mass is 296 g/mol. The Hall–Kier alpha value is -0.900. The highest BCUT2D eigenvalue weighted by Gasteiger charge is 2.40. The van der Waals surface area contributed by atoms with Gasteiger partial charge in [0, 0.05) is 37.4 Å². The Labute approximate surface area is 129 Å². The number of carbonyl (C=O) groups is 2. The summed E-state index contributed by atoms with van der Waals surface area (Å²) < 4.78 is 0. The molecule has 122 valence electrons. The molecule has 0 saturated heterocycles. The van der Waals surface area contributed by atoms with Crippen molar-refractivity contribution in [2.24, 2.45) is 17.3 Å². The first kappa shape index (κ1) is 18.1. The maximum Gasteiger partial charge on any atom is 0.226 e. The highest BCUT2D eigenvalue weighted by molar-refractivity contribution is 5.91. The third-order valence-electron chi connectivity index (χ3n) is 4.42. The van der Waals surface area contributed by atoms with Gasteiger partial charge in [0.25, 0.3) is 0 Å². The standard InChI is InChI=1S/C17H32N2O2/c1-17(2,3)15(20)13-9-7-8-10-14(13)16(21)19(6)12-11-18(4)5/h13-14H,7-12H2,1-6H3/t13-,14+/m0/s1. The molecule has 1 saturated carbocycles. The summed E-state index contributed by atoms with van der Waals surface area (Å²) in [4.78, 5) is 29.2. The van der Waals surface area contributed by atoms with Crippen LogP contribution in [0.4, 0.5) is 0 Å². The zero-order valence-corrected chi connectivity index (χ0v) is 14.6. The van der Waals surface area contributed by atoms with E-state index in [0.717, 1.165) is 38.8 Å². The van der Waals surface area contributed by atoms with Crippen LogP contribution in [-0.2, 0) is 9.59 Å². The lowest BCUT2D eigenvalue weighted by Crippen LogP contribution is -2.45. The van der Waals surface area contributed by atoms with Crippen LogP contribution < -0.4 is 0 Å². The van der Waals surface area contributed by atoms with Gasteiger partial charge in [-0.2, -0.15) is 0 Å². The molecule has 1 amide bonds. The van der Waals surface area contributed by atoms with Crippen molar-refractivity contribution in [1.82, 2.24) is 9.80 Å². The van der Waals surface area contributed by atoms with E-state index in [1.165, 1.54) is 0 Å². The molecule has 0 bridgehead atoms. The van der Waals surface area contributed by atoms with Crippen molar-refractivity contribution in [3.8, 4) is 0 Å². The molecule has 0 aromatic rings. The van der Waals surface area contributed by atoms with E-state index in [4.69, 9.17) is 0 Å². The largest absolute Gasteiger partial charge is 0.344 e. The summed E-state index contributed by atoms with van der Waals surface area (Å²) in [5.74, 6) is 0.200. The molecule has 1 rings (SSSR count). The van der Waals surface area contributed by atoms with Crippen LogP contribution in [0.5, 0.6) is 0 Å². The van der Waals surface area contributed by atoms with Gasteiger partial charge >= 0.3 is 0 Å². The predicted molar refractivity (Wildman–Crippen MR) is 86.1 cm³/mol. The first-order valence-corrected chi connectivity index (χ1v) is 8.08. The molecule has 4 heteroatoms. The highest BCUT2D eigenvalue weighted by Crippen LogP contribution is 2.36. The second-order valence-electron chi connectivity index (χ2n) is 7.67. The summed E-state index contributed by atoms with van der Waals surface area (Å²) in [7, 11) is 5.87. The van der Waals surface area contributed by atoms with Crippen molar-refractivity contribution in [2.75, 3.05) is 34.2 Å². The molecular weight excluding hydrogens is 264 g/mol. The van der Waals surface area contributed by atoms with E-state index >= 15 is 0 Å². The van der Waals surface area contributed by atoms with Gasteiger partial charge in [-0.1, -0.05) is 33.6 Å². The number of ketones is 1. The summed E-state index contributed by atoms with van der Waals surface area (Å²) in [5, 5.41) is 0. The molecule has 0 unspecified atom stereocenters. The Bertz CT molecular complexity index is 371. The third-order valence-corrected chi connectivity index (χ3v) is 4.42. The van der Waals surface area contributed by atoms with E-state index in [2.05, 4.69) is 4.90 Å². The average Bonchev–Trinajstić information content (AvgIpc) is 2.42. The molecule has 1 fully saturated rings.